The number of unbranched alkanes of at least 4 members (excludes halogenated alkanes) is 2. The highest BCUT2D eigenvalue weighted by Gasteiger charge is 2.33. The van der Waals surface area contributed by atoms with Gasteiger partial charge in [0.15, 0.2) is 0 Å². The van der Waals surface area contributed by atoms with Crippen LogP contribution in [0.3, 0.4) is 0 Å². The molecule has 0 heterocycles. The number of aromatic hydroxyl groups is 1. The van der Waals surface area contributed by atoms with Crippen molar-refractivity contribution in [2.75, 3.05) is 0 Å². The smallest absolute Gasteiger partial charge is 0.122 e. The summed E-state index contributed by atoms with van der Waals surface area (Å²) in [4.78, 5) is 0. The first-order chi connectivity index (χ1) is 14.9. The Labute approximate surface area is 199 Å². The average Bonchev–Trinajstić information content (AvgIpc) is 2.69. The van der Waals surface area contributed by atoms with Gasteiger partial charge < -0.3 is 10.4 Å². The summed E-state index contributed by atoms with van der Waals surface area (Å²) in [6.45, 7) is 21.0. The summed E-state index contributed by atoms with van der Waals surface area (Å²) in [5.74, 6) is 0.486. The molecule has 178 valence electrons. The molecule has 0 aliphatic rings. The van der Waals surface area contributed by atoms with Crippen LogP contribution in [-0.2, 0) is 17.1 Å². The van der Waals surface area contributed by atoms with E-state index < -0.39 is 0 Å². The Balaban J connectivity index is 2.60. The van der Waals surface area contributed by atoms with Crippen LogP contribution in [0.25, 0.3) is 0 Å². The SMILES string of the molecule is CCCCCC(C)(Pc1c(C)cccc1CNC(C)C)c1cc(C(C)(C)C)cc(C)c1O. The van der Waals surface area contributed by atoms with E-state index in [9.17, 15) is 5.11 Å². The predicted molar refractivity (Wildman–Crippen MR) is 144 cm³/mol. The van der Waals surface area contributed by atoms with Gasteiger partial charge >= 0.3 is 0 Å². The zero-order chi connectivity index (χ0) is 24.1. The van der Waals surface area contributed by atoms with Crippen molar-refractivity contribution in [3.05, 3.63) is 58.1 Å². The molecular formula is C29H46NOP. The minimum Gasteiger partial charge on any atom is -0.507 e. The fraction of sp³-hybridized carbons (Fsp3) is 0.586. The van der Waals surface area contributed by atoms with Gasteiger partial charge in [0, 0.05) is 23.3 Å². The molecule has 2 aromatic carbocycles. The van der Waals surface area contributed by atoms with E-state index in [0.717, 1.165) is 24.1 Å². The van der Waals surface area contributed by atoms with Crippen LogP contribution in [-0.4, -0.2) is 11.1 Å². The third-order valence-electron chi connectivity index (χ3n) is 6.50. The molecule has 2 nitrogen and oxygen atoms in total. The van der Waals surface area contributed by atoms with Gasteiger partial charge in [-0.15, -0.1) is 0 Å². The Morgan fingerprint density at radius 1 is 1.00 bits per heavy atom. The zero-order valence-corrected chi connectivity index (χ0v) is 22.9. The summed E-state index contributed by atoms with van der Waals surface area (Å²) in [5, 5.41) is 16.2. The number of nitrogens with one attached hydrogen (secondary N) is 1. The molecule has 0 radical (unpaired) electrons. The molecule has 0 amide bonds. The molecule has 0 saturated carbocycles. The predicted octanol–water partition coefficient (Wildman–Crippen LogP) is 7.60. The van der Waals surface area contributed by atoms with E-state index in [0.29, 0.717) is 20.4 Å². The summed E-state index contributed by atoms with van der Waals surface area (Å²) in [5.41, 5.74) is 6.22. The molecule has 2 rings (SSSR count). The third-order valence-corrected chi connectivity index (χ3v) is 8.54. The molecular weight excluding hydrogens is 409 g/mol. The molecule has 3 heteroatoms. The van der Waals surface area contributed by atoms with Crippen molar-refractivity contribution >= 4 is 13.9 Å². The van der Waals surface area contributed by atoms with Gasteiger partial charge in [-0.05, 0) is 53.2 Å². The van der Waals surface area contributed by atoms with Crippen molar-refractivity contribution in [1.29, 1.82) is 0 Å². The molecule has 0 aliphatic carbocycles. The number of aryl methyl sites for hydroxylation is 2. The van der Waals surface area contributed by atoms with Gasteiger partial charge in [-0.3, -0.25) is 0 Å². The van der Waals surface area contributed by atoms with Crippen molar-refractivity contribution in [2.24, 2.45) is 0 Å². The third kappa shape index (κ3) is 6.82. The van der Waals surface area contributed by atoms with Crippen LogP contribution >= 0.6 is 8.58 Å². The molecule has 0 spiro atoms. The lowest BCUT2D eigenvalue weighted by molar-refractivity contribution is 0.444. The molecule has 2 unspecified atom stereocenters. The average molecular weight is 456 g/mol. The van der Waals surface area contributed by atoms with Crippen LogP contribution < -0.4 is 10.6 Å². The van der Waals surface area contributed by atoms with Crippen molar-refractivity contribution < 1.29 is 5.11 Å². The van der Waals surface area contributed by atoms with Gasteiger partial charge in [0.25, 0.3) is 0 Å². The molecule has 2 N–H and O–H groups in total. The highest BCUT2D eigenvalue weighted by Crippen LogP contribution is 2.50. The first-order valence-corrected chi connectivity index (χ1v) is 13.3. The molecule has 0 aromatic heterocycles. The van der Waals surface area contributed by atoms with Gasteiger partial charge in [-0.1, -0.05) is 107 Å². The topological polar surface area (TPSA) is 32.3 Å². The fourth-order valence-electron chi connectivity index (χ4n) is 4.27. The molecule has 0 saturated heterocycles. The second kappa shape index (κ2) is 11.2. The maximum atomic E-state index is 11.3. The molecule has 2 atom stereocenters. The Hall–Kier alpha value is -1.37. The molecule has 2 aromatic rings. The minimum atomic E-state index is -0.0933. The first kappa shape index (κ1) is 26.9. The van der Waals surface area contributed by atoms with Crippen molar-refractivity contribution in [2.45, 2.75) is 111 Å². The number of phenolic OH excluding ortho intramolecular Hbond substituents is 1. The summed E-state index contributed by atoms with van der Waals surface area (Å²) in [6.07, 6.45) is 4.71. The Morgan fingerprint density at radius 3 is 2.28 bits per heavy atom. The molecule has 0 aliphatic heterocycles. The van der Waals surface area contributed by atoms with Crippen molar-refractivity contribution in [1.82, 2.24) is 5.32 Å². The van der Waals surface area contributed by atoms with Gasteiger partial charge in [0.05, 0.1) is 0 Å². The van der Waals surface area contributed by atoms with Crippen molar-refractivity contribution in [3.8, 4) is 5.75 Å². The van der Waals surface area contributed by atoms with E-state index in [1.165, 1.54) is 41.3 Å². The van der Waals surface area contributed by atoms with Gasteiger partial charge in [-0.25, -0.2) is 0 Å². The highest BCUT2D eigenvalue weighted by molar-refractivity contribution is 7.48. The van der Waals surface area contributed by atoms with E-state index >= 15 is 0 Å². The van der Waals surface area contributed by atoms with Crippen LogP contribution in [0.15, 0.2) is 30.3 Å². The Morgan fingerprint density at radius 2 is 1.69 bits per heavy atom. The van der Waals surface area contributed by atoms with E-state index in [2.05, 4.69) is 98.0 Å². The highest BCUT2D eigenvalue weighted by atomic mass is 31.1. The van der Waals surface area contributed by atoms with Crippen LogP contribution in [0, 0.1) is 13.8 Å². The van der Waals surface area contributed by atoms with Crippen LogP contribution in [0.2, 0.25) is 0 Å². The largest absolute Gasteiger partial charge is 0.507 e. The number of hydrogen-bond acceptors (Lipinski definition) is 2. The standard InChI is InChI=1S/C29H46NOP/c1-10-11-12-16-29(9,25-18-24(28(6,7)8)17-22(5)26(25)31)32-27-21(4)14-13-15-23(27)19-30-20(2)3/h13-15,17-18,20,30-32H,10-12,16,19H2,1-9H3. The summed E-state index contributed by atoms with van der Waals surface area (Å²) in [6, 6.07) is 11.6. The number of benzene rings is 2. The summed E-state index contributed by atoms with van der Waals surface area (Å²) in [7, 11) is 0.611. The van der Waals surface area contributed by atoms with E-state index in [-0.39, 0.29) is 10.6 Å². The van der Waals surface area contributed by atoms with E-state index in [1.807, 2.05) is 0 Å². The first-order valence-electron chi connectivity index (χ1n) is 12.3. The Kier molecular flexibility index (Phi) is 9.38. The second-order valence-corrected chi connectivity index (χ2v) is 12.9. The lowest BCUT2D eigenvalue weighted by atomic mass is 9.82. The normalized spacial score (nSPS) is 14.4. The number of rotatable bonds is 10. The fourth-order valence-corrected chi connectivity index (χ4v) is 6.06. The molecule has 0 fully saturated rings. The minimum absolute atomic E-state index is 0.0512. The Bertz CT molecular complexity index is 897. The zero-order valence-electron chi connectivity index (χ0n) is 21.9. The van der Waals surface area contributed by atoms with Gasteiger partial charge in [0.2, 0.25) is 0 Å². The number of hydrogen-bond donors (Lipinski definition) is 2. The van der Waals surface area contributed by atoms with E-state index in [4.69, 9.17) is 0 Å². The van der Waals surface area contributed by atoms with Crippen molar-refractivity contribution in [3.63, 3.8) is 0 Å². The maximum absolute atomic E-state index is 11.3. The quantitative estimate of drug-likeness (QED) is 0.285. The van der Waals surface area contributed by atoms with Gasteiger partial charge in [-0.2, -0.15) is 0 Å². The number of phenols is 1. The second-order valence-electron chi connectivity index (χ2n) is 11.0. The summed E-state index contributed by atoms with van der Waals surface area (Å²) < 4.78 is 0. The monoisotopic (exact) mass is 455 g/mol. The van der Waals surface area contributed by atoms with Crippen LogP contribution in [0.1, 0.15) is 102 Å². The lowest BCUT2D eigenvalue weighted by Crippen LogP contribution is -2.28. The molecule has 0 bridgehead atoms. The molecule has 32 heavy (non-hydrogen) atoms. The lowest BCUT2D eigenvalue weighted by Gasteiger charge is -2.35. The maximum Gasteiger partial charge on any atom is 0.122 e. The van der Waals surface area contributed by atoms with Gasteiger partial charge in [0.1, 0.15) is 5.75 Å². The summed E-state index contributed by atoms with van der Waals surface area (Å²) >= 11 is 0. The van der Waals surface area contributed by atoms with E-state index in [1.54, 1.807) is 0 Å². The van der Waals surface area contributed by atoms with Crippen LogP contribution in [0.5, 0.6) is 5.75 Å². The van der Waals surface area contributed by atoms with Crippen LogP contribution in [0.4, 0.5) is 0 Å².